The molecule has 0 saturated carbocycles. The van der Waals surface area contributed by atoms with Gasteiger partial charge < -0.3 is 9.30 Å². The first-order valence-corrected chi connectivity index (χ1v) is 14.2. The number of benzene rings is 2. The average Bonchev–Trinajstić information content (AvgIpc) is 3.09. The number of aromatic nitrogens is 1. The second-order valence-corrected chi connectivity index (χ2v) is 11.6. The summed E-state index contributed by atoms with van der Waals surface area (Å²) in [5.41, 5.74) is 3.44. The molecule has 0 bridgehead atoms. The van der Waals surface area contributed by atoms with Gasteiger partial charge in [-0.05, 0) is 68.0 Å². The van der Waals surface area contributed by atoms with Gasteiger partial charge in [0.05, 0.1) is 28.0 Å². The number of carbonyl (C=O) groups excluding carboxylic acids is 1. The first-order chi connectivity index (χ1) is 15.2. The predicted molar refractivity (Wildman–Crippen MR) is 133 cm³/mol. The molecule has 0 atom stereocenters. The van der Waals surface area contributed by atoms with Crippen LogP contribution in [0.5, 0.6) is 5.75 Å². The highest BCUT2D eigenvalue weighted by Gasteiger charge is 2.16. The lowest BCUT2D eigenvalue weighted by Crippen LogP contribution is -2.18. The summed E-state index contributed by atoms with van der Waals surface area (Å²) >= 11 is 3.26. The Morgan fingerprint density at radius 1 is 1.19 bits per heavy atom. The molecule has 0 radical (unpaired) electrons. The Morgan fingerprint density at radius 2 is 1.91 bits per heavy atom. The van der Waals surface area contributed by atoms with E-state index in [0.717, 1.165) is 22.5 Å². The monoisotopic (exact) mass is 492 g/mol. The van der Waals surface area contributed by atoms with Gasteiger partial charge in [-0.2, -0.15) is 16.8 Å². The standard InChI is InChI=1S/C23H28N2O4S3/c1-16-14-17(2)22-20(15-16)25(11-12-30-4)23(31-22)24-21(26)6-5-13-32(27,28)19-9-7-18(29-3)8-10-19/h7-10,14-15H,5-6,11-13H2,1-4H3. The van der Waals surface area contributed by atoms with Crippen molar-refractivity contribution in [3.05, 3.63) is 52.3 Å². The van der Waals surface area contributed by atoms with Crippen molar-refractivity contribution < 1.29 is 17.9 Å². The number of thioether (sulfide) groups is 1. The van der Waals surface area contributed by atoms with Gasteiger partial charge in [-0.3, -0.25) is 4.79 Å². The van der Waals surface area contributed by atoms with Gasteiger partial charge in [0.2, 0.25) is 5.91 Å². The van der Waals surface area contributed by atoms with Crippen LogP contribution in [0.1, 0.15) is 24.0 Å². The van der Waals surface area contributed by atoms with Crippen LogP contribution in [0.3, 0.4) is 0 Å². The fourth-order valence-electron chi connectivity index (χ4n) is 3.47. The van der Waals surface area contributed by atoms with Gasteiger partial charge >= 0.3 is 0 Å². The van der Waals surface area contributed by atoms with E-state index in [1.807, 2.05) is 0 Å². The number of methoxy groups -OCH3 is 1. The van der Waals surface area contributed by atoms with Crippen LogP contribution in [-0.4, -0.2) is 43.8 Å². The molecule has 32 heavy (non-hydrogen) atoms. The molecule has 172 valence electrons. The molecule has 1 amide bonds. The third kappa shape index (κ3) is 5.82. The highest BCUT2D eigenvalue weighted by Crippen LogP contribution is 2.24. The molecule has 3 aromatic rings. The van der Waals surface area contributed by atoms with Gasteiger partial charge in [0.25, 0.3) is 0 Å². The summed E-state index contributed by atoms with van der Waals surface area (Å²) in [5, 5.41) is 0. The van der Waals surface area contributed by atoms with Gasteiger partial charge in [-0.15, -0.1) is 0 Å². The summed E-state index contributed by atoms with van der Waals surface area (Å²) in [4.78, 5) is 17.8. The van der Waals surface area contributed by atoms with Crippen LogP contribution in [0.4, 0.5) is 0 Å². The zero-order valence-corrected chi connectivity index (χ0v) is 21.2. The molecule has 0 aliphatic heterocycles. The first kappa shape index (κ1) is 24.5. The quantitative estimate of drug-likeness (QED) is 0.443. The number of sulfone groups is 1. The molecule has 2 aromatic carbocycles. The Kier molecular flexibility index (Phi) is 8.19. The van der Waals surface area contributed by atoms with E-state index < -0.39 is 9.84 Å². The normalized spacial score (nSPS) is 12.4. The molecule has 1 aromatic heterocycles. The zero-order chi connectivity index (χ0) is 23.3. The first-order valence-electron chi connectivity index (χ1n) is 10.3. The molecular weight excluding hydrogens is 464 g/mol. The maximum atomic E-state index is 12.6. The van der Waals surface area contributed by atoms with Crippen LogP contribution >= 0.6 is 23.1 Å². The number of fused-ring (bicyclic) bond motifs is 1. The number of carbonyl (C=O) groups is 1. The zero-order valence-electron chi connectivity index (χ0n) is 18.8. The van der Waals surface area contributed by atoms with Crippen LogP contribution in [0, 0.1) is 13.8 Å². The number of hydrogen-bond donors (Lipinski definition) is 0. The number of nitrogens with zero attached hydrogens (tertiary/aromatic N) is 2. The van der Waals surface area contributed by atoms with E-state index in [1.54, 1.807) is 23.9 Å². The van der Waals surface area contributed by atoms with Crippen molar-refractivity contribution in [2.45, 2.75) is 38.1 Å². The maximum Gasteiger partial charge on any atom is 0.248 e. The van der Waals surface area contributed by atoms with Crippen LogP contribution in [0.2, 0.25) is 0 Å². The molecule has 6 nitrogen and oxygen atoms in total. The summed E-state index contributed by atoms with van der Waals surface area (Å²) in [6.07, 6.45) is 2.37. The molecule has 9 heteroatoms. The SMILES string of the molecule is COc1ccc(S(=O)(=O)CCCC(=O)N=c2sc3c(C)cc(C)cc3n2CCSC)cc1. The van der Waals surface area contributed by atoms with Crippen molar-refractivity contribution in [2.75, 3.05) is 24.9 Å². The number of thiazole rings is 1. The molecule has 0 aliphatic rings. The molecule has 0 fully saturated rings. The maximum absolute atomic E-state index is 12.6. The number of hydrogen-bond acceptors (Lipinski definition) is 6. The van der Waals surface area contributed by atoms with Gasteiger partial charge in [-0.25, -0.2) is 8.42 Å². The number of amides is 1. The second kappa shape index (κ2) is 10.7. The lowest BCUT2D eigenvalue weighted by molar-refractivity contribution is -0.118. The second-order valence-electron chi connectivity index (χ2n) is 7.56. The fourth-order valence-corrected chi connectivity index (χ4v) is 6.27. The Balaban J connectivity index is 1.76. The highest BCUT2D eigenvalue weighted by atomic mass is 32.2. The van der Waals surface area contributed by atoms with Crippen LogP contribution in [0.25, 0.3) is 10.2 Å². The summed E-state index contributed by atoms with van der Waals surface area (Å²) < 4.78 is 33.4. The highest BCUT2D eigenvalue weighted by molar-refractivity contribution is 7.98. The number of rotatable bonds is 9. The van der Waals surface area contributed by atoms with Crippen LogP contribution in [-0.2, 0) is 21.2 Å². The summed E-state index contributed by atoms with van der Waals surface area (Å²) in [7, 11) is -1.93. The molecule has 0 spiro atoms. The average molecular weight is 493 g/mol. The van der Waals surface area contributed by atoms with E-state index >= 15 is 0 Å². The third-order valence-corrected chi connectivity index (χ3v) is 8.71. The number of ether oxygens (including phenoxy) is 1. The van der Waals surface area contributed by atoms with Gasteiger partial charge in [-0.1, -0.05) is 17.4 Å². The van der Waals surface area contributed by atoms with Gasteiger partial charge in [0.1, 0.15) is 5.75 Å². The minimum atomic E-state index is -3.46. The molecule has 0 aliphatic carbocycles. The van der Waals surface area contributed by atoms with E-state index in [-0.39, 0.29) is 29.4 Å². The van der Waals surface area contributed by atoms with Gasteiger partial charge in [0, 0.05) is 18.7 Å². The van der Waals surface area contributed by atoms with Crippen molar-refractivity contribution in [3.63, 3.8) is 0 Å². The van der Waals surface area contributed by atoms with E-state index in [9.17, 15) is 13.2 Å². The Bertz CT molecular complexity index is 1270. The van der Waals surface area contributed by atoms with E-state index in [1.165, 1.54) is 41.7 Å². The fraction of sp³-hybridized carbons (Fsp3) is 0.391. The molecule has 0 unspecified atom stereocenters. The molecule has 0 N–H and O–H groups in total. The molecule has 3 rings (SSSR count). The Hall–Kier alpha value is -2.10. The lowest BCUT2D eigenvalue weighted by Gasteiger charge is -2.06. The molecule has 1 heterocycles. The predicted octanol–water partition coefficient (Wildman–Crippen LogP) is 4.37. The molecular formula is C23H28N2O4S3. The van der Waals surface area contributed by atoms with Crippen molar-refractivity contribution in [1.29, 1.82) is 0 Å². The van der Waals surface area contributed by atoms with Crippen molar-refractivity contribution in [3.8, 4) is 5.75 Å². The van der Waals surface area contributed by atoms with E-state index in [4.69, 9.17) is 4.74 Å². The lowest BCUT2D eigenvalue weighted by atomic mass is 10.1. The minimum absolute atomic E-state index is 0.0875. The van der Waals surface area contributed by atoms with Crippen LogP contribution in [0.15, 0.2) is 46.3 Å². The summed E-state index contributed by atoms with van der Waals surface area (Å²) in [6, 6.07) is 10.5. The minimum Gasteiger partial charge on any atom is -0.497 e. The Morgan fingerprint density at radius 3 is 2.56 bits per heavy atom. The summed E-state index contributed by atoms with van der Waals surface area (Å²) in [6.45, 7) is 4.90. The topological polar surface area (TPSA) is 77.7 Å². The van der Waals surface area contributed by atoms with Crippen molar-refractivity contribution >= 4 is 49.1 Å². The van der Waals surface area contributed by atoms with E-state index in [0.29, 0.717) is 10.6 Å². The van der Waals surface area contributed by atoms with Crippen LogP contribution < -0.4 is 9.54 Å². The molecule has 0 saturated heterocycles. The Labute approximate surface area is 197 Å². The van der Waals surface area contributed by atoms with Crippen molar-refractivity contribution in [1.82, 2.24) is 4.57 Å². The smallest absolute Gasteiger partial charge is 0.248 e. The van der Waals surface area contributed by atoms with Gasteiger partial charge in [0.15, 0.2) is 14.6 Å². The van der Waals surface area contributed by atoms with Crippen molar-refractivity contribution in [2.24, 2.45) is 4.99 Å². The number of aryl methyl sites for hydroxylation is 3. The largest absolute Gasteiger partial charge is 0.497 e. The third-order valence-electron chi connectivity index (χ3n) is 5.08. The summed E-state index contributed by atoms with van der Waals surface area (Å²) in [5.74, 6) is 1.12. The van der Waals surface area contributed by atoms with E-state index in [2.05, 4.69) is 41.8 Å².